The van der Waals surface area contributed by atoms with Crippen LogP contribution in [0.15, 0.2) is 53.6 Å². The highest BCUT2D eigenvalue weighted by atomic mass is 35.5. The van der Waals surface area contributed by atoms with Crippen LogP contribution in [-0.2, 0) is 11.3 Å². The van der Waals surface area contributed by atoms with Crippen molar-refractivity contribution in [1.82, 2.24) is 14.8 Å². The largest absolute Gasteiger partial charge is 0.481 e. The molecule has 180 valence electrons. The number of amides is 1. The summed E-state index contributed by atoms with van der Waals surface area (Å²) in [6.07, 6.45) is 0.771. The van der Waals surface area contributed by atoms with Gasteiger partial charge in [-0.1, -0.05) is 47.0 Å². The predicted molar refractivity (Wildman–Crippen MR) is 134 cm³/mol. The average Bonchev–Trinajstić information content (AvgIpc) is 2.87. The number of azide groups is 1. The molecule has 0 atom stereocenters. The van der Waals surface area contributed by atoms with Crippen molar-refractivity contribution in [1.29, 1.82) is 0 Å². The summed E-state index contributed by atoms with van der Waals surface area (Å²) < 4.78 is 0. The van der Waals surface area contributed by atoms with E-state index in [0.29, 0.717) is 41.3 Å². The number of carboxylic acids is 1. The first kappa shape index (κ1) is 24.5. The molecule has 0 unspecified atom stereocenters. The van der Waals surface area contributed by atoms with E-state index in [0.717, 1.165) is 36.1 Å². The van der Waals surface area contributed by atoms with Gasteiger partial charge in [-0.3, -0.25) is 14.5 Å². The normalized spacial score (nSPS) is 14.0. The van der Waals surface area contributed by atoms with Gasteiger partial charge < -0.3 is 10.0 Å². The van der Waals surface area contributed by atoms with Crippen LogP contribution in [0.3, 0.4) is 0 Å². The third kappa shape index (κ3) is 6.08. The summed E-state index contributed by atoms with van der Waals surface area (Å²) in [7, 11) is 0. The molecule has 4 rings (SSSR count). The van der Waals surface area contributed by atoms with Crippen LogP contribution in [0.25, 0.3) is 32.6 Å². The summed E-state index contributed by atoms with van der Waals surface area (Å²) in [5.41, 5.74) is 12.1. The number of carboxylic acid groups (broad SMARTS) is 1. The molecule has 2 heterocycles. The maximum absolute atomic E-state index is 13.2. The Morgan fingerprint density at radius 2 is 1.83 bits per heavy atom. The molecule has 1 saturated heterocycles. The Balaban J connectivity index is 1.48. The number of hydrogen-bond donors (Lipinski definition) is 1. The molecule has 0 spiro atoms. The molecule has 35 heavy (non-hydrogen) atoms. The standard InChI is InChI=1S/C25H25ClN6O3/c26-21-15-22(18-5-3-17(4-6-18)16-28-30-27)29-23-14-19(7-8-20(21)23)25(35)32-12-10-31(11-13-32)9-1-2-24(33)34/h3-8,14-15H,1-2,9-13,16H2,(H,33,34). The second-order valence-corrected chi connectivity index (χ2v) is 8.85. The molecule has 1 aromatic heterocycles. The van der Waals surface area contributed by atoms with E-state index in [1.54, 1.807) is 18.2 Å². The summed E-state index contributed by atoms with van der Waals surface area (Å²) in [5, 5.41) is 13.7. The van der Waals surface area contributed by atoms with Crippen LogP contribution in [0.1, 0.15) is 28.8 Å². The molecule has 2 aromatic carbocycles. The van der Waals surface area contributed by atoms with E-state index in [2.05, 4.69) is 14.9 Å². The maximum Gasteiger partial charge on any atom is 0.303 e. The van der Waals surface area contributed by atoms with Crippen molar-refractivity contribution in [2.45, 2.75) is 19.4 Å². The highest BCUT2D eigenvalue weighted by Gasteiger charge is 2.22. The number of aliphatic carboxylic acids is 1. The Kier molecular flexibility index (Phi) is 7.82. The van der Waals surface area contributed by atoms with Gasteiger partial charge in [-0.15, -0.1) is 0 Å². The molecule has 10 heteroatoms. The summed E-state index contributed by atoms with van der Waals surface area (Å²) >= 11 is 6.54. The Hall–Kier alpha value is -3.65. The first-order chi connectivity index (χ1) is 16.9. The number of aromatic nitrogens is 1. The number of fused-ring (bicyclic) bond motifs is 1. The third-order valence-corrected chi connectivity index (χ3v) is 6.41. The van der Waals surface area contributed by atoms with Crippen molar-refractivity contribution in [3.8, 4) is 11.3 Å². The third-order valence-electron chi connectivity index (χ3n) is 6.10. The van der Waals surface area contributed by atoms with Crippen LogP contribution < -0.4 is 0 Å². The summed E-state index contributed by atoms with van der Waals surface area (Å²) in [6, 6.07) is 14.7. The van der Waals surface area contributed by atoms with Gasteiger partial charge in [0.2, 0.25) is 0 Å². The van der Waals surface area contributed by atoms with E-state index in [4.69, 9.17) is 27.2 Å². The van der Waals surface area contributed by atoms with Gasteiger partial charge in [0.15, 0.2) is 0 Å². The molecular weight excluding hydrogens is 468 g/mol. The van der Waals surface area contributed by atoms with Gasteiger partial charge >= 0.3 is 5.97 Å². The van der Waals surface area contributed by atoms with Gasteiger partial charge in [0.05, 0.1) is 22.8 Å². The highest BCUT2D eigenvalue weighted by molar-refractivity contribution is 6.35. The van der Waals surface area contributed by atoms with E-state index in [1.165, 1.54) is 0 Å². The topological polar surface area (TPSA) is 122 Å². The van der Waals surface area contributed by atoms with E-state index in [-0.39, 0.29) is 18.9 Å². The number of piperazine rings is 1. The molecule has 1 aliphatic heterocycles. The molecule has 3 aromatic rings. The van der Waals surface area contributed by atoms with Crippen molar-refractivity contribution >= 4 is 34.4 Å². The zero-order valence-corrected chi connectivity index (χ0v) is 19.9. The molecule has 0 aliphatic carbocycles. The predicted octanol–water partition coefficient (Wildman–Crippen LogP) is 4.99. The lowest BCUT2D eigenvalue weighted by Gasteiger charge is -2.34. The molecule has 0 bridgehead atoms. The average molecular weight is 493 g/mol. The number of carbonyl (C=O) groups excluding carboxylic acids is 1. The summed E-state index contributed by atoms with van der Waals surface area (Å²) in [6.45, 7) is 3.65. The van der Waals surface area contributed by atoms with Gasteiger partial charge in [0, 0.05) is 54.0 Å². The van der Waals surface area contributed by atoms with E-state index >= 15 is 0 Å². The number of nitrogens with zero attached hydrogens (tertiary/aromatic N) is 6. The van der Waals surface area contributed by atoms with Gasteiger partial charge in [-0.25, -0.2) is 4.98 Å². The minimum atomic E-state index is -0.783. The maximum atomic E-state index is 13.2. The van der Waals surface area contributed by atoms with Crippen LogP contribution in [0.4, 0.5) is 0 Å². The van der Waals surface area contributed by atoms with Gasteiger partial charge in [0.25, 0.3) is 5.91 Å². The fourth-order valence-electron chi connectivity index (χ4n) is 4.17. The molecule has 1 amide bonds. The number of halogens is 1. The van der Waals surface area contributed by atoms with Crippen LogP contribution in [0.5, 0.6) is 0 Å². The Morgan fingerprint density at radius 1 is 1.09 bits per heavy atom. The quantitative estimate of drug-likeness (QED) is 0.269. The number of pyridine rings is 1. The molecule has 0 radical (unpaired) electrons. The summed E-state index contributed by atoms with van der Waals surface area (Å²) in [4.78, 5) is 35.4. The Labute approximate surface area is 207 Å². The zero-order valence-electron chi connectivity index (χ0n) is 19.1. The number of carbonyl (C=O) groups is 2. The van der Waals surface area contributed by atoms with E-state index in [9.17, 15) is 9.59 Å². The lowest BCUT2D eigenvalue weighted by Crippen LogP contribution is -2.48. The van der Waals surface area contributed by atoms with Crippen molar-refractivity contribution in [2.75, 3.05) is 32.7 Å². The Bertz CT molecular complexity index is 1280. The van der Waals surface area contributed by atoms with Crippen molar-refractivity contribution in [3.05, 3.63) is 75.1 Å². The molecule has 1 fully saturated rings. The van der Waals surface area contributed by atoms with Crippen molar-refractivity contribution < 1.29 is 14.7 Å². The number of rotatable bonds is 8. The minimum Gasteiger partial charge on any atom is -0.481 e. The first-order valence-electron chi connectivity index (χ1n) is 11.4. The second kappa shape index (κ2) is 11.2. The van der Waals surface area contributed by atoms with Gasteiger partial charge in [-0.05, 0) is 42.3 Å². The lowest BCUT2D eigenvalue weighted by molar-refractivity contribution is -0.137. The van der Waals surface area contributed by atoms with E-state index in [1.807, 2.05) is 35.2 Å². The van der Waals surface area contributed by atoms with Crippen LogP contribution in [0, 0.1) is 0 Å². The fraction of sp³-hybridized carbons (Fsp3) is 0.320. The Morgan fingerprint density at radius 3 is 2.51 bits per heavy atom. The second-order valence-electron chi connectivity index (χ2n) is 8.44. The van der Waals surface area contributed by atoms with E-state index < -0.39 is 5.97 Å². The van der Waals surface area contributed by atoms with Crippen LogP contribution >= 0.6 is 11.6 Å². The molecule has 1 N–H and O–H groups in total. The molecule has 9 nitrogen and oxygen atoms in total. The van der Waals surface area contributed by atoms with Gasteiger partial charge in [-0.2, -0.15) is 0 Å². The fourth-order valence-corrected chi connectivity index (χ4v) is 4.44. The molecular formula is C25H25ClN6O3. The monoisotopic (exact) mass is 492 g/mol. The van der Waals surface area contributed by atoms with Crippen molar-refractivity contribution in [3.63, 3.8) is 0 Å². The lowest BCUT2D eigenvalue weighted by atomic mass is 10.1. The minimum absolute atomic E-state index is 0.0530. The van der Waals surface area contributed by atoms with Crippen LogP contribution in [-0.4, -0.2) is 64.5 Å². The van der Waals surface area contributed by atoms with Crippen molar-refractivity contribution in [2.24, 2.45) is 5.11 Å². The molecule has 0 saturated carbocycles. The molecule has 1 aliphatic rings. The first-order valence-corrected chi connectivity index (χ1v) is 11.8. The smallest absolute Gasteiger partial charge is 0.303 e. The number of benzene rings is 2. The van der Waals surface area contributed by atoms with Crippen LogP contribution in [0.2, 0.25) is 5.02 Å². The summed E-state index contributed by atoms with van der Waals surface area (Å²) in [5.74, 6) is -0.836. The SMILES string of the molecule is [N-]=[N+]=NCc1ccc(-c2cc(Cl)c3ccc(C(=O)N4CCN(CCCC(=O)O)CC4)cc3n2)cc1. The number of hydrogen-bond acceptors (Lipinski definition) is 5. The highest BCUT2D eigenvalue weighted by Crippen LogP contribution is 2.29. The van der Waals surface area contributed by atoms with Gasteiger partial charge in [0.1, 0.15) is 0 Å². The zero-order chi connectivity index (χ0) is 24.8.